The SMILES string of the molecule is CC1CN(c2ccc(-c3ccc(S(=O)(=O)N4CC=C(C(=O)NO)CC4)cc3)cc2)CCN1C. The fraction of sp³-hybridized carbons (Fsp3) is 0.375. The van der Waals surface area contributed by atoms with Crippen molar-refractivity contribution in [3.05, 3.63) is 60.2 Å². The first-order valence-electron chi connectivity index (χ1n) is 11.1. The molecule has 2 aliphatic rings. The number of nitrogens with zero attached hydrogens (tertiary/aromatic N) is 3. The van der Waals surface area contributed by atoms with Gasteiger partial charge in [-0.3, -0.25) is 10.0 Å². The summed E-state index contributed by atoms with van der Waals surface area (Å²) >= 11 is 0. The summed E-state index contributed by atoms with van der Waals surface area (Å²) in [5, 5.41) is 8.74. The van der Waals surface area contributed by atoms with Crippen LogP contribution in [-0.2, 0) is 14.8 Å². The number of likely N-dealkylation sites (N-methyl/N-ethyl adjacent to an activating group) is 1. The highest BCUT2D eigenvalue weighted by Gasteiger charge is 2.27. The van der Waals surface area contributed by atoms with E-state index in [-0.39, 0.29) is 24.4 Å². The maximum absolute atomic E-state index is 13.0. The average Bonchev–Trinajstić information content (AvgIpc) is 2.85. The number of carbonyl (C=O) groups excluding carboxylic acids is 1. The minimum absolute atomic E-state index is 0.0964. The maximum Gasteiger partial charge on any atom is 0.270 e. The van der Waals surface area contributed by atoms with Crippen LogP contribution in [-0.4, -0.2) is 74.6 Å². The molecule has 1 amide bonds. The molecule has 2 aromatic carbocycles. The average molecular weight is 471 g/mol. The lowest BCUT2D eigenvalue weighted by Gasteiger charge is -2.39. The molecule has 1 saturated heterocycles. The first-order valence-corrected chi connectivity index (χ1v) is 12.5. The van der Waals surface area contributed by atoms with E-state index in [1.165, 1.54) is 16.1 Å². The Morgan fingerprint density at radius 3 is 2.18 bits per heavy atom. The van der Waals surface area contributed by atoms with Crippen LogP contribution in [0.3, 0.4) is 0 Å². The van der Waals surface area contributed by atoms with Crippen LogP contribution >= 0.6 is 0 Å². The molecule has 0 saturated carbocycles. The van der Waals surface area contributed by atoms with Crippen molar-refractivity contribution in [2.45, 2.75) is 24.3 Å². The van der Waals surface area contributed by atoms with Crippen molar-refractivity contribution < 1.29 is 18.4 Å². The Labute approximate surface area is 195 Å². The van der Waals surface area contributed by atoms with Gasteiger partial charge in [-0.15, -0.1) is 0 Å². The smallest absolute Gasteiger partial charge is 0.270 e. The van der Waals surface area contributed by atoms with E-state index >= 15 is 0 Å². The molecular formula is C24H30N4O4S. The van der Waals surface area contributed by atoms with E-state index in [1.54, 1.807) is 17.6 Å². The Hall–Kier alpha value is -2.72. The number of nitrogens with one attached hydrogen (secondary N) is 1. The predicted octanol–water partition coefficient (Wildman–Crippen LogP) is 2.32. The molecule has 0 spiro atoms. The van der Waals surface area contributed by atoms with Crippen molar-refractivity contribution in [3.8, 4) is 11.1 Å². The normalized spacial score (nSPS) is 20.4. The van der Waals surface area contributed by atoms with Crippen LogP contribution in [0.1, 0.15) is 13.3 Å². The molecule has 8 nitrogen and oxygen atoms in total. The maximum atomic E-state index is 13.0. The van der Waals surface area contributed by atoms with Gasteiger partial charge in [0.2, 0.25) is 10.0 Å². The summed E-state index contributed by atoms with van der Waals surface area (Å²) in [6.45, 7) is 5.57. The molecule has 2 N–H and O–H groups in total. The summed E-state index contributed by atoms with van der Waals surface area (Å²) in [4.78, 5) is 16.5. The van der Waals surface area contributed by atoms with Crippen molar-refractivity contribution in [2.75, 3.05) is 44.7 Å². The summed E-state index contributed by atoms with van der Waals surface area (Å²) < 4.78 is 27.3. The predicted molar refractivity (Wildman–Crippen MR) is 128 cm³/mol. The highest BCUT2D eigenvalue weighted by Crippen LogP contribution is 2.27. The summed E-state index contributed by atoms with van der Waals surface area (Å²) in [6, 6.07) is 15.8. The quantitative estimate of drug-likeness (QED) is 0.515. The van der Waals surface area contributed by atoms with Gasteiger partial charge in [-0.1, -0.05) is 30.3 Å². The highest BCUT2D eigenvalue weighted by atomic mass is 32.2. The van der Waals surface area contributed by atoms with Crippen molar-refractivity contribution in [1.29, 1.82) is 0 Å². The molecule has 9 heteroatoms. The number of carbonyl (C=O) groups is 1. The number of rotatable bonds is 5. The fourth-order valence-corrected chi connectivity index (χ4v) is 5.64. The number of sulfonamides is 1. The fourth-order valence-electron chi connectivity index (χ4n) is 4.26. The van der Waals surface area contributed by atoms with Gasteiger partial charge in [0.25, 0.3) is 5.91 Å². The monoisotopic (exact) mass is 470 g/mol. The van der Waals surface area contributed by atoms with Crippen LogP contribution in [0.5, 0.6) is 0 Å². The second-order valence-corrected chi connectivity index (χ2v) is 10.6. The molecule has 0 bridgehead atoms. The zero-order valence-corrected chi connectivity index (χ0v) is 19.8. The number of anilines is 1. The Morgan fingerprint density at radius 2 is 1.64 bits per heavy atom. The van der Waals surface area contributed by atoms with E-state index in [0.717, 1.165) is 30.8 Å². The standard InChI is InChI=1S/C24H30N4O4S/c1-18-17-27(16-15-26(18)2)22-7-3-19(4-8-22)20-5-9-23(10-6-20)33(31,32)28-13-11-21(12-14-28)24(29)25-30/h3-11,18,30H,12-17H2,1-2H3,(H,25,29). The number of hydroxylamine groups is 1. The van der Waals surface area contributed by atoms with E-state index in [0.29, 0.717) is 11.6 Å². The van der Waals surface area contributed by atoms with Gasteiger partial charge in [0.1, 0.15) is 0 Å². The molecule has 176 valence electrons. The van der Waals surface area contributed by atoms with Gasteiger partial charge < -0.3 is 9.80 Å². The van der Waals surface area contributed by atoms with Gasteiger partial charge in [0.15, 0.2) is 0 Å². The molecule has 1 fully saturated rings. The van der Waals surface area contributed by atoms with Crippen molar-refractivity contribution in [1.82, 2.24) is 14.7 Å². The number of benzene rings is 2. The molecular weight excluding hydrogens is 440 g/mol. The van der Waals surface area contributed by atoms with E-state index in [9.17, 15) is 13.2 Å². The molecule has 33 heavy (non-hydrogen) atoms. The third-order valence-electron chi connectivity index (χ3n) is 6.58. The first-order chi connectivity index (χ1) is 15.8. The third kappa shape index (κ3) is 4.96. The van der Waals surface area contributed by atoms with Crippen LogP contribution < -0.4 is 10.4 Å². The Balaban J connectivity index is 1.45. The van der Waals surface area contributed by atoms with Gasteiger partial charge in [0, 0.05) is 50.0 Å². The van der Waals surface area contributed by atoms with E-state index < -0.39 is 15.9 Å². The summed E-state index contributed by atoms with van der Waals surface area (Å²) in [6.07, 6.45) is 1.78. The van der Waals surface area contributed by atoms with E-state index in [4.69, 9.17) is 5.21 Å². The van der Waals surface area contributed by atoms with Crippen LogP contribution in [0.2, 0.25) is 0 Å². The molecule has 4 rings (SSSR count). The lowest BCUT2D eigenvalue weighted by Crippen LogP contribution is -2.50. The van der Waals surface area contributed by atoms with Crippen LogP contribution in [0.15, 0.2) is 65.1 Å². The summed E-state index contributed by atoms with van der Waals surface area (Å²) in [5.74, 6) is -0.593. The van der Waals surface area contributed by atoms with Crippen LogP contribution in [0.25, 0.3) is 11.1 Å². The number of hydrogen-bond acceptors (Lipinski definition) is 6. The zero-order chi connectivity index (χ0) is 23.6. The van der Waals surface area contributed by atoms with Crippen molar-refractivity contribution in [3.63, 3.8) is 0 Å². The molecule has 2 aliphatic heterocycles. The number of piperazine rings is 1. The molecule has 1 atom stereocenters. The van der Waals surface area contributed by atoms with E-state index in [2.05, 4.69) is 48.0 Å². The second kappa shape index (κ2) is 9.64. The van der Waals surface area contributed by atoms with Gasteiger partial charge in [0.05, 0.1) is 4.90 Å². The first kappa shape index (κ1) is 23.4. The Morgan fingerprint density at radius 1 is 1.00 bits per heavy atom. The lowest BCUT2D eigenvalue weighted by molar-refractivity contribution is -0.125. The van der Waals surface area contributed by atoms with E-state index in [1.807, 2.05) is 12.1 Å². The lowest BCUT2D eigenvalue weighted by atomic mass is 10.0. The summed E-state index contributed by atoms with van der Waals surface area (Å²) in [7, 11) is -1.51. The topological polar surface area (TPSA) is 93.2 Å². The van der Waals surface area contributed by atoms with Gasteiger partial charge in [-0.2, -0.15) is 4.31 Å². The van der Waals surface area contributed by atoms with Gasteiger partial charge in [-0.25, -0.2) is 13.9 Å². The zero-order valence-electron chi connectivity index (χ0n) is 18.9. The van der Waals surface area contributed by atoms with Gasteiger partial charge >= 0.3 is 0 Å². The second-order valence-electron chi connectivity index (χ2n) is 8.63. The van der Waals surface area contributed by atoms with Gasteiger partial charge in [-0.05, 0) is 55.8 Å². The van der Waals surface area contributed by atoms with Crippen molar-refractivity contribution >= 4 is 21.6 Å². The summed E-state index contributed by atoms with van der Waals surface area (Å²) in [5.41, 5.74) is 5.15. The number of amides is 1. The van der Waals surface area contributed by atoms with Crippen LogP contribution in [0.4, 0.5) is 5.69 Å². The molecule has 2 heterocycles. The molecule has 0 radical (unpaired) electrons. The molecule has 2 aromatic rings. The third-order valence-corrected chi connectivity index (χ3v) is 8.46. The minimum Gasteiger partial charge on any atom is -0.369 e. The molecule has 1 unspecified atom stereocenters. The highest BCUT2D eigenvalue weighted by molar-refractivity contribution is 7.89. The number of hydrogen-bond donors (Lipinski definition) is 2. The molecule has 0 aliphatic carbocycles. The minimum atomic E-state index is -3.66. The Bertz CT molecular complexity index is 1130. The molecule has 0 aromatic heterocycles. The van der Waals surface area contributed by atoms with Crippen LogP contribution in [0, 0.1) is 0 Å². The largest absolute Gasteiger partial charge is 0.369 e. The Kier molecular flexibility index (Phi) is 6.85. The van der Waals surface area contributed by atoms with Crippen molar-refractivity contribution in [2.24, 2.45) is 0 Å².